The van der Waals surface area contributed by atoms with Crippen LogP contribution in [-0.4, -0.2) is 10.2 Å². The van der Waals surface area contributed by atoms with E-state index in [-0.39, 0.29) is 94.1 Å². The van der Waals surface area contributed by atoms with E-state index in [1.165, 1.54) is 5.57 Å². The number of hydrogen-bond acceptors (Lipinski definition) is 2. The van der Waals surface area contributed by atoms with Gasteiger partial charge in [0.25, 0.3) is 0 Å². The summed E-state index contributed by atoms with van der Waals surface area (Å²) in [6.07, 6.45) is 7.64. The molecule has 2 aliphatic rings. The van der Waals surface area contributed by atoms with E-state index in [1.807, 2.05) is 19.1 Å². The zero-order chi connectivity index (χ0) is 18.6. The second-order valence-corrected chi connectivity index (χ2v) is 8.91. The summed E-state index contributed by atoms with van der Waals surface area (Å²) in [7, 11) is 0. The summed E-state index contributed by atoms with van der Waals surface area (Å²) < 4.78 is 0. The fourth-order valence-corrected chi connectivity index (χ4v) is 4.22. The Morgan fingerprint density at radius 2 is 1.75 bits per heavy atom. The summed E-state index contributed by atoms with van der Waals surface area (Å²) in [5.74, 6) is 0.657. The van der Waals surface area contributed by atoms with Crippen molar-refractivity contribution in [1.82, 2.24) is 0 Å². The number of phenolic OH excluding ortho intramolecular Hbond substituents is 2. The number of phenols is 2. The largest absolute Gasteiger partial charge is 0.693 e. The Labute approximate surface area is 210 Å². The van der Waals surface area contributed by atoms with Gasteiger partial charge in [0.1, 0.15) is 11.5 Å². The smallest absolute Gasteiger partial charge is 0.123 e. The van der Waals surface area contributed by atoms with Gasteiger partial charge in [0, 0.05) is 65.3 Å². The fraction of sp³-hybridized carbons (Fsp3) is 0.522. The molecular formula is C23H33NO2WY-2. The molecule has 2 aliphatic carbocycles. The fourth-order valence-electron chi connectivity index (χ4n) is 4.22. The predicted molar refractivity (Wildman–Crippen MR) is 109 cm³/mol. The minimum atomic E-state index is -0.118. The van der Waals surface area contributed by atoms with Crippen LogP contribution in [0.5, 0.6) is 11.5 Å². The summed E-state index contributed by atoms with van der Waals surface area (Å²) in [6.45, 7) is 14.9. The Hall–Kier alpha value is 0.0522. The molecule has 0 spiro atoms. The molecule has 28 heavy (non-hydrogen) atoms. The van der Waals surface area contributed by atoms with E-state index >= 15 is 0 Å². The third kappa shape index (κ3) is 5.02. The molecule has 0 aromatic heterocycles. The van der Waals surface area contributed by atoms with Gasteiger partial charge in [-0.2, -0.15) is 5.41 Å². The van der Waals surface area contributed by atoms with Gasteiger partial charge in [-0.15, -0.1) is 0 Å². The molecule has 1 aromatic rings. The zero-order valence-corrected chi connectivity index (χ0v) is 23.5. The first-order chi connectivity index (χ1) is 11.6. The summed E-state index contributed by atoms with van der Waals surface area (Å²) in [6, 6.07) is 3.72. The molecule has 3 atom stereocenters. The predicted octanol–water partition coefficient (Wildman–Crippen LogP) is 6.72. The molecule has 1 saturated carbocycles. The van der Waals surface area contributed by atoms with Crippen LogP contribution in [0.3, 0.4) is 0 Å². The van der Waals surface area contributed by atoms with Crippen LogP contribution in [0.15, 0.2) is 35.9 Å². The Balaban J connectivity index is 0.00000243. The first-order valence-corrected chi connectivity index (χ1v) is 9.30. The van der Waals surface area contributed by atoms with Crippen molar-refractivity contribution >= 4 is 0 Å². The molecular weight excluding hydrogens is 595 g/mol. The van der Waals surface area contributed by atoms with Crippen LogP contribution in [0, 0.1) is 17.8 Å². The number of allylic oxidation sites excluding steroid dienone is 3. The van der Waals surface area contributed by atoms with E-state index in [9.17, 15) is 10.2 Å². The molecule has 0 amide bonds. The van der Waals surface area contributed by atoms with Crippen molar-refractivity contribution in [3.8, 4) is 11.5 Å². The number of nitrogens with two attached hydrogens (primary N) is 1. The average Bonchev–Trinajstić information content (AvgIpc) is 3.26. The standard InChI is InChI=1S/C23H31O2.H2N.W.Y/c1-14(2)17-8-7-15(3)11-18(17)21-19(24)12-16(13-20(21)25)22(4,5)23(6)9-10-23;;;/h9,11-13,17-18,24-25H,1,7-8,10H2,2-6H3;1H2;;/q2*-1;;/t17-,18+,23?;;;/m0.../s1. The van der Waals surface area contributed by atoms with E-state index < -0.39 is 0 Å². The first-order valence-electron chi connectivity index (χ1n) is 9.30. The molecule has 0 aliphatic heterocycles. The van der Waals surface area contributed by atoms with Gasteiger partial charge < -0.3 is 22.8 Å². The maximum absolute atomic E-state index is 10.8. The monoisotopic (exact) mass is 628 g/mol. The van der Waals surface area contributed by atoms with Gasteiger partial charge in [-0.3, -0.25) is 0 Å². The third-order valence-electron chi connectivity index (χ3n) is 6.82. The first kappa shape index (κ1) is 28.1. The van der Waals surface area contributed by atoms with Crippen LogP contribution in [0.1, 0.15) is 70.9 Å². The summed E-state index contributed by atoms with van der Waals surface area (Å²) in [5.41, 5.74) is 4.08. The van der Waals surface area contributed by atoms with Crippen LogP contribution in [0.2, 0.25) is 0 Å². The Morgan fingerprint density at radius 1 is 1.25 bits per heavy atom. The Morgan fingerprint density at radius 3 is 2.18 bits per heavy atom. The molecule has 0 heterocycles. The number of rotatable bonds is 4. The SMILES string of the molecule is C=C(C)[C@@H]1CCC(C)=C[C@H]1c1c(O)cc(C(C)(C)C2(C)[CH-]C2)cc1O.[NH2-].[W].[Y]. The summed E-state index contributed by atoms with van der Waals surface area (Å²) >= 11 is 0. The van der Waals surface area contributed by atoms with Gasteiger partial charge >= 0.3 is 0 Å². The molecule has 1 fully saturated rings. The minimum absolute atomic E-state index is 0. The van der Waals surface area contributed by atoms with E-state index in [1.54, 1.807) is 0 Å². The molecule has 1 aromatic carbocycles. The van der Waals surface area contributed by atoms with Crippen LogP contribution < -0.4 is 0 Å². The molecule has 3 nitrogen and oxygen atoms in total. The van der Waals surface area contributed by atoms with Gasteiger partial charge in [0.05, 0.1) is 0 Å². The second-order valence-electron chi connectivity index (χ2n) is 8.91. The van der Waals surface area contributed by atoms with Gasteiger partial charge in [0.15, 0.2) is 0 Å². The van der Waals surface area contributed by atoms with Gasteiger partial charge in [-0.1, -0.05) is 44.6 Å². The minimum Gasteiger partial charge on any atom is -0.693 e. The van der Waals surface area contributed by atoms with Gasteiger partial charge in [-0.05, 0) is 55.7 Å². The molecule has 1 unspecified atom stereocenters. The average molecular weight is 628 g/mol. The zero-order valence-electron chi connectivity index (χ0n) is 17.7. The van der Waals surface area contributed by atoms with Crippen LogP contribution >= 0.6 is 0 Å². The van der Waals surface area contributed by atoms with Crippen molar-refractivity contribution < 1.29 is 64.0 Å². The Kier molecular flexibility index (Phi) is 9.92. The molecule has 3 rings (SSSR count). The van der Waals surface area contributed by atoms with Gasteiger partial charge in [-0.25, -0.2) is 6.42 Å². The van der Waals surface area contributed by atoms with Gasteiger partial charge in [0.2, 0.25) is 0 Å². The van der Waals surface area contributed by atoms with Crippen LogP contribution in [-0.2, 0) is 59.2 Å². The van der Waals surface area contributed by atoms with Crippen molar-refractivity contribution in [2.24, 2.45) is 11.3 Å². The number of hydrogen-bond donors (Lipinski definition) is 2. The maximum atomic E-state index is 10.8. The maximum Gasteiger partial charge on any atom is 0.123 e. The van der Waals surface area contributed by atoms with Crippen LogP contribution in [0.25, 0.3) is 6.15 Å². The van der Waals surface area contributed by atoms with E-state index in [0.29, 0.717) is 5.56 Å². The second kappa shape index (κ2) is 9.91. The normalized spacial score (nSPS) is 26.1. The van der Waals surface area contributed by atoms with Crippen molar-refractivity contribution in [2.45, 2.75) is 65.2 Å². The number of aromatic hydroxyl groups is 2. The molecule has 0 bridgehead atoms. The summed E-state index contributed by atoms with van der Waals surface area (Å²) in [5, 5.41) is 21.7. The quantitative estimate of drug-likeness (QED) is 0.287. The molecule has 4 N–H and O–H groups in total. The number of benzene rings is 1. The topological polar surface area (TPSA) is 74.0 Å². The molecule has 0 saturated heterocycles. The van der Waals surface area contributed by atoms with Crippen molar-refractivity contribution in [3.63, 3.8) is 0 Å². The van der Waals surface area contributed by atoms with E-state index in [2.05, 4.69) is 46.8 Å². The van der Waals surface area contributed by atoms with Crippen molar-refractivity contribution in [3.05, 3.63) is 59.6 Å². The molecule has 5 heteroatoms. The van der Waals surface area contributed by atoms with Crippen LogP contribution in [0.4, 0.5) is 0 Å². The van der Waals surface area contributed by atoms with E-state index in [0.717, 1.165) is 30.4 Å². The Bertz CT molecular complexity index is 730. The van der Waals surface area contributed by atoms with E-state index in [4.69, 9.17) is 0 Å². The summed E-state index contributed by atoms with van der Waals surface area (Å²) in [4.78, 5) is 0. The van der Waals surface area contributed by atoms with Crippen molar-refractivity contribution in [2.75, 3.05) is 0 Å². The molecule has 1 radical (unpaired) electrons. The third-order valence-corrected chi connectivity index (χ3v) is 6.82. The van der Waals surface area contributed by atoms with Crippen molar-refractivity contribution in [1.29, 1.82) is 0 Å². The molecule has 153 valence electrons.